The summed E-state index contributed by atoms with van der Waals surface area (Å²) in [6, 6.07) is 8.26. The van der Waals surface area contributed by atoms with Crippen LogP contribution < -0.4 is 5.43 Å². The molecule has 0 aliphatic heterocycles. The number of anilines is 1. The first kappa shape index (κ1) is 14.9. The second kappa shape index (κ2) is 7.34. The summed E-state index contributed by atoms with van der Waals surface area (Å²) < 4.78 is 5.78. The van der Waals surface area contributed by atoms with Crippen molar-refractivity contribution in [3.63, 3.8) is 0 Å². The minimum Gasteiger partial charge on any atom is -0.462 e. The Hall–Kier alpha value is -2.13. The lowest BCUT2D eigenvalue weighted by atomic mass is 10.2. The van der Waals surface area contributed by atoms with Crippen LogP contribution in [0.2, 0.25) is 0 Å². The zero-order valence-electron chi connectivity index (χ0n) is 9.98. The molecule has 0 radical (unpaired) electrons. The van der Waals surface area contributed by atoms with E-state index in [0.717, 1.165) is 3.57 Å². The summed E-state index contributed by atoms with van der Waals surface area (Å²) in [6.45, 7) is 1.97. The molecule has 0 saturated carbocycles. The molecule has 0 atom stereocenters. The number of benzene rings is 1. The van der Waals surface area contributed by atoms with Gasteiger partial charge in [-0.2, -0.15) is 15.6 Å². The number of nitrogens with one attached hydrogen (secondary N) is 1. The van der Waals surface area contributed by atoms with Gasteiger partial charge in [0.2, 0.25) is 5.71 Å². The van der Waals surface area contributed by atoms with Crippen molar-refractivity contribution in [3.05, 3.63) is 27.3 Å². The first-order valence-corrected chi connectivity index (χ1v) is 6.30. The maximum absolute atomic E-state index is 11.8. The molecule has 19 heavy (non-hydrogen) atoms. The number of hydrogen-bond acceptors (Lipinski definition) is 6. The molecule has 1 aromatic carbocycles. The molecule has 0 amide bonds. The van der Waals surface area contributed by atoms with Gasteiger partial charge < -0.3 is 4.74 Å². The molecule has 1 rings (SSSR count). The van der Waals surface area contributed by atoms with E-state index in [1.807, 2.05) is 0 Å². The molecule has 1 N–H and O–H groups in total. The van der Waals surface area contributed by atoms with E-state index in [0.29, 0.717) is 11.3 Å². The Morgan fingerprint density at radius 3 is 2.74 bits per heavy atom. The van der Waals surface area contributed by atoms with Crippen LogP contribution in [0.15, 0.2) is 23.3 Å². The van der Waals surface area contributed by atoms with Gasteiger partial charge in [-0.3, -0.25) is 5.43 Å². The monoisotopic (exact) mass is 368 g/mol. The van der Waals surface area contributed by atoms with Crippen molar-refractivity contribution in [1.82, 2.24) is 0 Å². The molecule has 0 unspecified atom stereocenters. The lowest BCUT2D eigenvalue weighted by Crippen LogP contribution is -2.09. The fraction of sp³-hybridized carbons (Fsp3) is 0.167. The molecule has 0 fully saturated rings. The van der Waals surface area contributed by atoms with Crippen LogP contribution in [0.5, 0.6) is 0 Å². The third kappa shape index (κ3) is 4.23. The quantitative estimate of drug-likeness (QED) is 0.381. The van der Waals surface area contributed by atoms with Crippen molar-refractivity contribution in [2.24, 2.45) is 5.10 Å². The van der Waals surface area contributed by atoms with Crippen molar-refractivity contribution < 1.29 is 9.53 Å². The van der Waals surface area contributed by atoms with Crippen LogP contribution in [0.4, 0.5) is 5.69 Å². The minimum absolute atomic E-state index is 0.259. The Balaban J connectivity index is 3.08. The summed E-state index contributed by atoms with van der Waals surface area (Å²) in [7, 11) is 0. The largest absolute Gasteiger partial charge is 0.462 e. The third-order valence-electron chi connectivity index (χ3n) is 1.98. The number of rotatable bonds is 4. The number of nitriles is 2. The smallest absolute Gasteiger partial charge is 0.340 e. The van der Waals surface area contributed by atoms with E-state index in [1.54, 1.807) is 37.3 Å². The molecular weight excluding hydrogens is 359 g/mol. The number of ether oxygens (including phenoxy) is 1. The summed E-state index contributed by atoms with van der Waals surface area (Å²) in [6.07, 6.45) is 0. The molecule has 0 heterocycles. The van der Waals surface area contributed by atoms with Crippen molar-refractivity contribution in [2.75, 3.05) is 12.0 Å². The van der Waals surface area contributed by atoms with Crippen LogP contribution in [0, 0.1) is 26.2 Å². The molecule has 0 aliphatic rings. The number of nitrogens with zero attached hydrogens (tertiary/aromatic N) is 3. The number of hydrogen-bond donors (Lipinski definition) is 1. The van der Waals surface area contributed by atoms with Crippen LogP contribution in [0.1, 0.15) is 17.3 Å². The van der Waals surface area contributed by atoms with E-state index in [4.69, 9.17) is 15.3 Å². The van der Waals surface area contributed by atoms with E-state index in [-0.39, 0.29) is 12.3 Å². The first-order chi connectivity index (χ1) is 9.12. The molecule has 1 aromatic rings. The Morgan fingerprint density at radius 1 is 1.47 bits per heavy atom. The summed E-state index contributed by atoms with van der Waals surface area (Å²) >= 11 is 2.06. The number of halogens is 1. The average Bonchev–Trinajstić information content (AvgIpc) is 2.41. The molecule has 0 aliphatic carbocycles. The van der Waals surface area contributed by atoms with Crippen LogP contribution in [-0.2, 0) is 4.74 Å². The topological polar surface area (TPSA) is 98.3 Å². The standard InChI is InChI=1S/C12H9IN4O2/c1-2-19-12(18)10-5-8(13)3-4-11(10)17-16-9(6-14)7-15/h3-5,17H,2H2,1H3. The van der Waals surface area contributed by atoms with Crippen LogP contribution in [0.25, 0.3) is 0 Å². The van der Waals surface area contributed by atoms with Gasteiger partial charge in [0.05, 0.1) is 17.9 Å². The summed E-state index contributed by atoms with van der Waals surface area (Å²) in [5.74, 6) is -0.491. The minimum atomic E-state index is -0.491. The lowest BCUT2D eigenvalue weighted by Gasteiger charge is -2.08. The molecule has 0 bridgehead atoms. The molecule has 7 heteroatoms. The molecule has 0 spiro atoms. The number of hydrazone groups is 1. The van der Waals surface area contributed by atoms with Crippen molar-refractivity contribution in [3.8, 4) is 12.1 Å². The van der Waals surface area contributed by atoms with Crippen LogP contribution in [0.3, 0.4) is 0 Å². The molecule has 0 saturated heterocycles. The van der Waals surface area contributed by atoms with E-state index in [1.165, 1.54) is 0 Å². The second-order valence-electron chi connectivity index (χ2n) is 3.21. The van der Waals surface area contributed by atoms with Gasteiger partial charge in [0, 0.05) is 3.57 Å². The van der Waals surface area contributed by atoms with Crippen molar-refractivity contribution >= 4 is 40.0 Å². The first-order valence-electron chi connectivity index (χ1n) is 5.23. The Morgan fingerprint density at radius 2 is 2.16 bits per heavy atom. The predicted octanol–water partition coefficient (Wildman–Crippen LogP) is 2.28. The van der Waals surface area contributed by atoms with E-state index in [2.05, 4.69) is 33.1 Å². The Bertz CT molecular complexity index is 583. The maximum atomic E-state index is 11.8. The van der Waals surface area contributed by atoms with Gasteiger partial charge in [-0.25, -0.2) is 4.79 Å². The van der Waals surface area contributed by atoms with Crippen LogP contribution >= 0.6 is 22.6 Å². The van der Waals surface area contributed by atoms with Crippen LogP contribution in [-0.4, -0.2) is 18.3 Å². The Labute approximate surface area is 123 Å². The summed E-state index contributed by atoms with van der Waals surface area (Å²) in [4.78, 5) is 11.8. The van der Waals surface area contributed by atoms with Gasteiger partial charge in [-0.1, -0.05) is 0 Å². The van der Waals surface area contributed by atoms with Gasteiger partial charge >= 0.3 is 5.97 Å². The van der Waals surface area contributed by atoms with Crippen molar-refractivity contribution in [2.45, 2.75) is 6.92 Å². The van der Waals surface area contributed by atoms with Gasteiger partial charge in [-0.05, 0) is 47.7 Å². The fourth-order valence-corrected chi connectivity index (χ4v) is 1.67. The highest BCUT2D eigenvalue weighted by Gasteiger charge is 2.13. The van der Waals surface area contributed by atoms with Crippen molar-refractivity contribution in [1.29, 1.82) is 10.5 Å². The normalized spacial score (nSPS) is 8.84. The Kier molecular flexibility index (Phi) is 5.76. The average molecular weight is 368 g/mol. The number of carbonyl (C=O) groups excluding carboxylic acids is 1. The van der Waals surface area contributed by atoms with Gasteiger partial charge in [-0.15, -0.1) is 0 Å². The molecular formula is C12H9IN4O2. The third-order valence-corrected chi connectivity index (χ3v) is 2.65. The lowest BCUT2D eigenvalue weighted by molar-refractivity contribution is 0.0527. The number of carbonyl (C=O) groups is 1. The zero-order chi connectivity index (χ0) is 14.3. The summed E-state index contributed by atoms with van der Waals surface area (Å²) in [5, 5.41) is 20.7. The fourth-order valence-electron chi connectivity index (χ4n) is 1.18. The SMILES string of the molecule is CCOC(=O)c1cc(I)ccc1NN=C(C#N)C#N. The van der Waals surface area contributed by atoms with E-state index >= 15 is 0 Å². The van der Waals surface area contributed by atoms with E-state index < -0.39 is 5.97 Å². The van der Waals surface area contributed by atoms with Gasteiger partial charge in [0.25, 0.3) is 0 Å². The molecule has 96 valence electrons. The second-order valence-corrected chi connectivity index (χ2v) is 4.45. The van der Waals surface area contributed by atoms with Gasteiger partial charge in [0.15, 0.2) is 0 Å². The zero-order valence-corrected chi connectivity index (χ0v) is 12.1. The van der Waals surface area contributed by atoms with E-state index in [9.17, 15) is 4.79 Å². The number of esters is 1. The molecule has 0 aromatic heterocycles. The maximum Gasteiger partial charge on any atom is 0.340 e. The molecule has 6 nitrogen and oxygen atoms in total. The van der Waals surface area contributed by atoms with Gasteiger partial charge in [0.1, 0.15) is 12.1 Å². The highest BCUT2D eigenvalue weighted by molar-refractivity contribution is 14.1. The summed E-state index contributed by atoms with van der Waals surface area (Å²) in [5.41, 5.74) is 2.87. The highest BCUT2D eigenvalue weighted by Crippen LogP contribution is 2.20. The predicted molar refractivity (Wildman–Crippen MR) is 77.4 cm³/mol. The highest BCUT2D eigenvalue weighted by atomic mass is 127.